The maximum Gasteiger partial charge on any atom is 0.293 e. The molecular weight excluding hydrogens is 479 g/mol. The lowest BCUT2D eigenvalue weighted by Gasteiger charge is -2.14. The Bertz CT molecular complexity index is 1320. The number of para-hydroxylation sites is 1. The number of hydrogen-bond donors (Lipinski definition) is 1. The van der Waals surface area contributed by atoms with Gasteiger partial charge in [-0.25, -0.2) is 4.39 Å². The van der Waals surface area contributed by atoms with E-state index in [0.29, 0.717) is 11.3 Å². The Hall–Kier alpha value is -3.91. The summed E-state index contributed by atoms with van der Waals surface area (Å²) in [6.45, 7) is 3.85. The monoisotopic (exact) mass is 504 g/mol. The fourth-order valence-corrected chi connectivity index (χ4v) is 4.53. The van der Waals surface area contributed by atoms with E-state index in [1.165, 1.54) is 6.07 Å². The van der Waals surface area contributed by atoms with Gasteiger partial charge in [-0.05, 0) is 59.1 Å². The van der Waals surface area contributed by atoms with Crippen LogP contribution in [-0.2, 0) is 16.1 Å². The molecule has 0 bridgehead atoms. The van der Waals surface area contributed by atoms with Crippen molar-refractivity contribution in [2.24, 2.45) is 0 Å². The highest BCUT2D eigenvalue weighted by atomic mass is 32.2. The first-order chi connectivity index (χ1) is 17.3. The van der Waals surface area contributed by atoms with Crippen LogP contribution < -0.4 is 10.1 Å². The van der Waals surface area contributed by atoms with Crippen LogP contribution in [0.1, 0.15) is 36.5 Å². The second-order valence-corrected chi connectivity index (χ2v) is 9.50. The van der Waals surface area contributed by atoms with Crippen LogP contribution in [-0.4, -0.2) is 28.6 Å². The van der Waals surface area contributed by atoms with Crippen molar-refractivity contribution in [2.45, 2.75) is 26.3 Å². The van der Waals surface area contributed by atoms with Crippen molar-refractivity contribution < 1.29 is 23.5 Å². The summed E-state index contributed by atoms with van der Waals surface area (Å²) in [6.07, 6.45) is 1.60. The quantitative estimate of drug-likeness (QED) is 0.370. The first-order valence-corrected chi connectivity index (χ1v) is 12.2. The maximum absolute atomic E-state index is 13.9. The van der Waals surface area contributed by atoms with Crippen LogP contribution in [0.5, 0.6) is 5.75 Å². The number of benzene rings is 3. The highest BCUT2D eigenvalue weighted by molar-refractivity contribution is 8.18. The lowest BCUT2D eigenvalue weighted by molar-refractivity contribution is -0.123. The predicted octanol–water partition coefficient (Wildman–Crippen LogP) is 6.20. The molecular formula is C28H25FN2O4S. The third-order valence-corrected chi connectivity index (χ3v) is 6.47. The number of ether oxygens (including phenoxy) is 1. The largest absolute Gasteiger partial charge is 0.484 e. The van der Waals surface area contributed by atoms with Crippen molar-refractivity contribution in [2.75, 3.05) is 11.9 Å². The van der Waals surface area contributed by atoms with E-state index >= 15 is 0 Å². The van der Waals surface area contributed by atoms with Gasteiger partial charge in [-0.2, -0.15) is 0 Å². The van der Waals surface area contributed by atoms with E-state index in [2.05, 4.69) is 19.2 Å². The molecule has 1 heterocycles. The molecule has 3 amide bonds. The summed E-state index contributed by atoms with van der Waals surface area (Å²) in [5.74, 6) is -0.431. The van der Waals surface area contributed by atoms with Crippen LogP contribution in [0.3, 0.4) is 0 Å². The zero-order valence-electron chi connectivity index (χ0n) is 19.9. The number of hydrogen-bond acceptors (Lipinski definition) is 5. The molecule has 3 aromatic carbocycles. The molecule has 0 aromatic heterocycles. The number of rotatable bonds is 8. The van der Waals surface area contributed by atoms with Crippen molar-refractivity contribution >= 4 is 40.6 Å². The third kappa shape index (κ3) is 6.01. The fourth-order valence-electron chi connectivity index (χ4n) is 3.69. The number of carbonyl (C=O) groups excluding carboxylic acids is 3. The lowest BCUT2D eigenvalue weighted by Crippen LogP contribution is -2.27. The molecule has 1 saturated heterocycles. The number of nitrogens with one attached hydrogen (secondary N) is 1. The molecule has 1 fully saturated rings. The molecule has 4 rings (SSSR count). The zero-order valence-corrected chi connectivity index (χ0v) is 20.7. The highest BCUT2D eigenvalue weighted by Crippen LogP contribution is 2.33. The standard InChI is InChI=1S/C28H25FN2O4S/c1-18(2)22-8-4-6-10-24(22)30-26(32)17-35-21-13-11-19(12-14-21)15-25-27(33)31(28(34)36-25)16-20-7-3-5-9-23(20)29/h3-15,18H,16-17H2,1-2H3,(H,30,32)/b25-15+. The molecule has 0 spiro atoms. The first kappa shape index (κ1) is 25.2. The smallest absolute Gasteiger partial charge is 0.293 e. The Labute approximate surface area is 213 Å². The minimum Gasteiger partial charge on any atom is -0.484 e. The summed E-state index contributed by atoms with van der Waals surface area (Å²) < 4.78 is 19.5. The van der Waals surface area contributed by atoms with Gasteiger partial charge in [0, 0.05) is 11.3 Å². The summed E-state index contributed by atoms with van der Waals surface area (Å²) in [5.41, 5.74) is 2.78. The van der Waals surface area contributed by atoms with Gasteiger partial charge in [-0.1, -0.05) is 62.4 Å². The minimum atomic E-state index is -0.466. The van der Waals surface area contributed by atoms with Gasteiger partial charge in [0.25, 0.3) is 17.1 Å². The van der Waals surface area contributed by atoms with Gasteiger partial charge in [-0.15, -0.1) is 0 Å². The van der Waals surface area contributed by atoms with Crippen LogP contribution >= 0.6 is 11.8 Å². The van der Waals surface area contributed by atoms with E-state index in [1.807, 2.05) is 24.3 Å². The molecule has 6 nitrogen and oxygen atoms in total. The number of anilines is 1. The molecule has 184 valence electrons. The maximum atomic E-state index is 13.9. The minimum absolute atomic E-state index is 0.120. The Kier molecular flexibility index (Phi) is 7.85. The van der Waals surface area contributed by atoms with Crippen molar-refractivity contribution in [1.82, 2.24) is 4.90 Å². The SMILES string of the molecule is CC(C)c1ccccc1NC(=O)COc1ccc(/C=C2/SC(=O)N(Cc3ccccc3F)C2=O)cc1. The Balaban J connectivity index is 1.35. The second kappa shape index (κ2) is 11.2. The topological polar surface area (TPSA) is 75.7 Å². The van der Waals surface area contributed by atoms with Gasteiger partial charge in [0.15, 0.2) is 6.61 Å². The predicted molar refractivity (Wildman–Crippen MR) is 139 cm³/mol. The number of halogens is 1. The Morgan fingerprint density at radius 3 is 2.44 bits per heavy atom. The first-order valence-electron chi connectivity index (χ1n) is 11.4. The second-order valence-electron chi connectivity index (χ2n) is 8.51. The summed E-state index contributed by atoms with van der Waals surface area (Å²) >= 11 is 0.816. The van der Waals surface area contributed by atoms with Crippen molar-refractivity contribution in [3.05, 3.63) is 100 Å². The van der Waals surface area contributed by atoms with Gasteiger partial charge in [-0.3, -0.25) is 19.3 Å². The van der Waals surface area contributed by atoms with Gasteiger partial charge < -0.3 is 10.1 Å². The van der Waals surface area contributed by atoms with E-state index in [1.54, 1.807) is 48.5 Å². The van der Waals surface area contributed by atoms with E-state index < -0.39 is 17.0 Å². The number of amides is 3. The van der Waals surface area contributed by atoms with Crippen molar-refractivity contribution in [1.29, 1.82) is 0 Å². The molecule has 3 aromatic rings. The molecule has 8 heteroatoms. The van der Waals surface area contributed by atoms with Gasteiger partial charge in [0.05, 0.1) is 11.4 Å². The molecule has 0 radical (unpaired) electrons. The summed E-state index contributed by atoms with van der Waals surface area (Å²) in [5, 5.41) is 2.44. The van der Waals surface area contributed by atoms with Gasteiger partial charge in [0.2, 0.25) is 0 Å². The highest BCUT2D eigenvalue weighted by Gasteiger charge is 2.35. The van der Waals surface area contributed by atoms with Gasteiger partial charge in [0.1, 0.15) is 11.6 Å². The Morgan fingerprint density at radius 2 is 1.72 bits per heavy atom. The van der Waals surface area contributed by atoms with E-state index in [0.717, 1.165) is 27.9 Å². The molecule has 1 aliphatic heterocycles. The fraction of sp³-hybridized carbons (Fsp3) is 0.179. The number of thioether (sulfide) groups is 1. The molecule has 1 aliphatic rings. The van der Waals surface area contributed by atoms with E-state index in [-0.39, 0.29) is 35.4 Å². The molecule has 0 unspecified atom stereocenters. The average molecular weight is 505 g/mol. The summed E-state index contributed by atoms with van der Waals surface area (Å²) in [7, 11) is 0. The third-order valence-electron chi connectivity index (χ3n) is 5.56. The average Bonchev–Trinajstić information content (AvgIpc) is 3.12. The number of carbonyl (C=O) groups is 3. The zero-order chi connectivity index (χ0) is 25.7. The summed E-state index contributed by atoms with van der Waals surface area (Å²) in [6, 6.07) is 20.5. The number of nitrogens with zero attached hydrogens (tertiary/aromatic N) is 1. The van der Waals surface area contributed by atoms with E-state index in [9.17, 15) is 18.8 Å². The summed E-state index contributed by atoms with van der Waals surface area (Å²) in [4.78, 5) is 38.7. The number of imide groups is 1. The van der Waals surface area contributed by atoms with Gasteiger partial charge >= 0.3 is 0 Å². The molecule has 1 N–H and O–H groups in total. The van der Waals surface area contributed by atoms with Crippen molar-refractivity contribution in [3.63, 3.8) is 0 Å². The lowest BCUT2D eigenvalue weighted by atomic mass is 10.0. The van der Waals surface area contributed by atoms with Crippen LogP contribution in [0.2, 0.25) is 0 Å². The van der Waals surface area contributed by atoms with Crippen LogP contribution in [0.15, 0.2) is 77.7 Å². The Morgan fingerprint density at radius 1 is 1.03 bits per heavy atom. The van der Waals surface area contributed by atoms with Crippen LogP contribution in [0.4, 0.5) is 14.9 Å². The molecule has 0 saturated carbocycles. The molecule has 36 heavy (non-hydrogen) atoms. The molecule has 0 atom stereocenters. The normalized spacial score (nSPS) is 14.6. The van der Waals surface area contributed by atoms with E-state index in [4.69, 9.17) is 4.74 Å². The van der Waals surface area contributed by atoms with Crippen LogP contribution in [0, 0.1) is 5.82 Å². The van der Waals surface area contributed by atoms with Crippen LogP contribution in [0.25, 0.3) is 6.08 Å². The molecule has 0 aliphatic carbocycles. The van der Waals surface area contributed by atoms with Crippen molar-refractivity contribution in [3.8, 4) is 5.75 Å².